The summed E-state index contributed by atoms with van der Waals surface area (Å²) in [5.41, 5.74) is 0. The normalized spacial score (nSPS) is 19.4. The molecule has 68 valence electrons. The Balaban J connectivity index is 3.83. The predicted octanol–water partition coefficient (Wildman–Crippen LogP) is 1.54. The van der Waals surface area contributed by atoms with Crippen molar-refractivity contribution in [1.29, 1.82) is 0 Å². The molecule has 2 atom stereocenters. The number of rotatable bonds is 5. The van der Waals surface area contributed by atoms with E-state index in [1.165, 1.54) is 6.42 Å². The summed E-state index contributed by atoms with van der Waals surface area (Å²) in [4.78, 5) is 0. The molecule has 1 nitrogen and oxygen atoms in total. The fourth-order valence-corrected chi connectivity index (χ4v) is 2.63. The molecule has 0 spiro atoms. The molecular weight excluding hydrogens is 246 g/mol. The van der Waals surface area contributed by atoms with Crippen LogP contribution in [0.15, 0.2) is 0 Å². The molecule has 0 aliphatic heterocycles. The second-order valence-electron chi connectivity index (χ2n) is 3.43. The zero-order chi connectivity index (χ0) is 8.91. The minimum absolute atomic E-state index is 0.310. The Kier molecular flexibility index (Phi) is 5.81. The zero-order valence-corrected chi connectivity index (χ0v) is 11.2. The van der Waals surface area contributed by atoms with Crippen LogP contribution in [-0.4, -0.2) is 31.7 Å². The standard InChI is InChI=1S/C9H19O.Sb.2H/c1-4-6-8(3)9(10)7-5-2;;;/h8,10H,4-7H2,1-3H3;;;. The third kappa shape index (κ3) is 4.37. The predicted molar refractivity (Wildman–Crippen MR) is 52.5 cm³/mol. The van der Waals surface area contributed by atoms with E-state index >= 15 is 0 Å². The number of hydrogen-bond acceptors (Lipinski definition) is 1. The van der Waals surface area contributed by atoms with Crippen LogP contribution in [-0.2, 0) is 0 Å². The molecular formula is C9H21OSb. The van der Waals surface area contributed by atoms with E-state index in [-0.39, 0.29) is 3.55 Å². The van der Waals surface area contributed by atoms with E-state index < -0.39 is 0 Å². The summed E-state index contributed by atoms with van der Waals surface area (Å²) in [5, 5.41) is 9.97. The van der Waals surface area contributed by atoms with Gasteiger partial charge in [0.1, 0.15) is 0 Å². The molecule has 0 aliphatic carbocycles. The molecule has 11 heavy (non-hydrogen) atoms. The molecule has 2 unspecified atom stereocenters. The van der Waals surface area contributed by atoms with Crippen LogP contribution < -0.4 is 0 Å². The fraction of sp³-hybridized carbons (Fsp3) is 1.00. The summed E-state index contributed by atoms with van der Waals surface area (Å²) in [6.45, 7) is 6.49. The van der Waals surface area contributed by atoms with Crippen molar-refractivity contribution in [2.45, 2.75) is 50.0 Å². The third-order valence-electron chi connectivity index (χ3n) is 2.23. The van der Waals surface area contributed by atoms with Crippen molar-refractivity contribution >= 4 is 23.0 Å². The molecule has 0 aromatic heterocycles. The molecule has 0 aromatic rings. The monoisotopic (exact) mass is 266 g/mol. The zero-order valence-electron chi connectivity index (χ0n) is 7.93. The quantitative estimate of drug-likeness (QED) is 0.749. The van der Waals surface area contributed by atoms with Crippen molar-refractivity contribution in [3.05, 3.63) is 0 Å². The molecule has 0 rings (SSSR count). The van der Waals surface area contributed by atoms with E-state index in [4.69, 9.17) is 0 Å². The summed E-state index contributed by atoms with van der Waals surface area (Å²) in [6, 6.07) is 0. The molecule has 0 aliphatic rings. The maximum atomic E-state index is 9.97. The Morgan fingerprint density at radius 3 is 2.27 bits per heavy atom. The third-order valence-corrected chi connectivity index (χ3v) is 4.67. The van der Waals surface area contributed by atoms with Crippen LogP contribution in [0.2, 0.25) is 0 Å². The van der Waals surface area contributed by atoms with Gasteiger partial charge >= 0.3 is 84.0 Å². The van der Waals surface area contributed by atoms with E-state index in [2.05, 4.69) is 20.8 Å². The van der Waals surface area contributed by atoms with Gasteiger partial charge in [-0.15, -0.1) is 0 Å². The van der Waals surface area contributed by atoms with Crippen LogP contribution in [0.5, 0.6) is 0 Å². The van der Waals surface area contributed by atoms with Gasteiger partial charge < -0.3 is 0 Å². The molecule has 0 saturated carbocycles. The average Bonchev–Trinajstić information content (AvgIpc) is 1.88. The summed E-state index contributed by atoms with van der Waals surface area (Å²) in [7, 11) is 0. The summed E-state index contributed by atoms with van der Waals surface area (Å²) in [6.07, 6.45) is 4.44. The van der Waals surface area contributed by atoms with Gasteiger partial charge in [0, 0.05) is 0 Å². The van der Waals surface area contributed by atoms with Crippen LogP contribution in [0.4, 0.5) is 0 Å². The molecule has 0 heterocycles. The van der Waals surface area contributed by atoms with Crippen molar-refractivity contribution in [2.75, 3.05) is 0 Å². The van der Waals surface area contributed by atoms with Gasteiger partial charge in [-0.05, 0) is 0 Å². The molecule has 0 amide bonds. The molecule has 0 saturated heterocycles. The molecule has 0 fully saturated rings. The fourth-order valence-electron chi connectivity index (χ4n) is 1.33. The first kappa shape index (κ1) is 11.8. The van der Waals surface area contributed by atoms with Crippen molar-refractivity contribution < 1.29 is 5.11 Å². The van der Waals surface area contributed by atoms with E-state index in [1.807, 2.05) is 0 Å². The van der Waals surface area contributed by atoms with E-state index in [1.54, 1.807) is 0 Å². The van der Waals surface area contributed by atoms with Crippen molar-refractivity contribution in [3.8, 4) is 0 Å². The summed E-state index contributed by atoms with van der Waals surface area (Å²) in [5.74, 6) is 0.495. The van der Waals surface area contributed by atoms with E-state index in [9.17, 15) is 5.11 Å². The summed E-state index contributed by atoms with van der Waals surface area (Å²) >= 11 is 0.978. The first-order valence-corrected chi connectivity index (χ1v) is 6.20. The second-order valence-corrected chi connectivity index (χ2v) is 6.28. The Hall–Kier alpha value is 0.778. The second kappa shape index (κ2) is 5.43. The Morgan fingerprint density at radius 2 is 1.91 bits per heavy atom. The van der Waals surface area contributed by atoms with Gasteiger partial charge in [-0.25, -0.2) is 0 Å². The first-order valence-electron chi connectivity index (χ1n) is 4.55. The Bertz CT molecular complexity index is 102. The van der Waals surface area contributed by atoms with Gasteiger partial charge in [-0.1, -0.05) is 0 Å². The van der Waals surface area contributed by atoms with Crippen LogP contribution in [0.1, 0.15) is 46.5 Å². The van der Waals surface area contributed by atoms with E-state index in [0.29, 0.717) is 5.92 Å². The molecule has 0 aromatic carbocycles. The van der Waals surface area contributed by atoms with Gasteiger partial charge in [0.15, 0.2) is 0 Å². The Morgan fingerprint density at radius 1 is 1.36 bits per heavy atom. The van der Waals surface area contributed by atoms with Crippen molar-refractivity contribution in [2.24, 2.45) is 5.92 Å². The summed E-state index contributed by atoms with van der Waals surface area (Å²) < 4.78 is -0.310. The van der Waals surface area contributed by atoms with E-state index in [0.717, 1.165) is 42.3 Å². The van der Waals surface area contributed by atoms with Gasteiger partial charge in [0.05, 0.1) is 0 Å². The number of hydrogen-bond donors (Lipinski definition) is 1. The van der Waals surface area contributed by atoms with Crippen LogP contribution >= 0.6 is 0 Å². The van der Waals surface area contributed by atoms with Gasteiger partial charge in [-0.3, -0.25) is 0 Å². The topological polar surface area (TPSA) is 20.2 Å². The minimum atomic E-state index is -0.310. The number of aliphatic hydroxyl groups is 1. The molecule has 0 bridgehead atoms. The Labute approximate surface area is 84.1 Å². The maximum absolute atomic E-state index is 9.97. The average molecular weight is 267 g/mol. The SMILES string of the molecule is CCCC(C)[C](O)([SbH2])CCC. The van der Waals surface area contributed by atoms with Crippen molar-refractivity contribution in [3.63, 3.8) is 0 Å². The van der Waals surface area contributed by atoms with Crippen LogP contribution in [0.3, 0.4) is 0 Å². The van der Waals surface area contributed by atoms with Gasteiger partial charge in [-0.2, -0.15) is 0 Å². The van der Waals surface area contributed by atoms with Crippen LogP contribution in [0, 0.1) is 5.92 Å². The van der Waals surface area contributed by atoms with Crippen LogP contribution in [0.25, 0.3) is 0 Å². The van der Waals surface area contributed by atoms with Crippen molar-refractivity contribution in [1.82, 2.24) is 0 Å². The van der Waals surface area contributed by atoms with Gasteiger partial charge in [0.25, 0.3) is 0 Å². The molecule has 2 heteroatoms. The van der Waals surface area contributed by atoms with Gasteiger partial charge in [0.2, 0.25) is 0 Å². The molecule has 1 N–H and O–H groups in total. The first-order chi connectivity index (χ1) is 5.04. The molecule has 0 radical (unpaired) electrons.